The summed E-state index contributed by atoms with van der Waals surface area (Å²) in [7, 11) is 0. The van der Waals surface area contributed by atoms with E-state index in [2.05, 4.69) is 29.4 Å². The van der Waals surface area contributed by atoms with Gasteiger partial charge in [0.15, 0.2) is 0 Å². The molecule has 1 aromatic carbocycles. The highest BCUT2D eigenvalue weighted by atomic mass is 32.1. The van der Waals surface area contributed by atoms with Crippen LogP contribution in [0.15, 0.2) is 36.5 Å². The number of aromatic nitrogens is 1. The molecular weight excluding hydrogens is 256 g/mol. The van der Waals surface area contributed by atoms with Crippen molar-refractivity contribution >= 4 is 11.3 Å². The van der Waals surface area contributed by atoms with Crippen molar-refractivity contribution in [3.8, 4) is 10.6 Å². The standard InChI is InChI=1S/C15H20N2OS/c1-2-13(8-9-18)16-10-14-11-17-15(19-14)12-6-4-3-5-7-12/h3-7,11,13,16,18H,2,8-10H2,1H3. The summed E-state index contributed by atoms with van der Waals surface area (Å²) in [5.41, 5.74) is 1.17. The molecule has 1 heterocycles. The minimum Gasteiger partial charge on any atom is -0.396 e. The first-order chi connectivity index (χ1) is 9.33. The summed E-state index contributed by atoms with van der Waals surface area (Å²) in [6.07, 6.45) is 3.78. The van der Waals surface area contributed by atoms with Crippen LogP contribution in [-0.2, 0) is 6.54 Å². The number of benzene rings is 1. The van der Waals surface area contributed by atoms with E-state index in [0.29, 0.717) is 6.04 Å². The summed E-state index contributed by atoms with van der Waals surface area (Å²) in [4.78, 5) is 5.70. The van der Waals surface area contributed by atoms with Crippen LogP contribution in [0.1, 0.15) is 24.6 Å². The van der Waals surface area contributed by atoms with Crippen molar-refractivity contribution in [2.45, 2.75) is 32.4 Å². The van der Waals surface area contributed by atoms with E-state index in [0.717, 1.165) is 24.4 Å². The van der Waals surface area contributed by atoms with E-state index >= 15 is 0 Å². The zero-order chi connectivity index (χ0) is 13.5. The van der Waals surface area contributed by atoms with E-state index in [9.17, 15) is 0 Å². The van der Waals surface area contributed by atoms with Gasteiger partial charge in [-0.3, -0.25) is 0 Å². The van der Waals surface area contributed by atoms with Crippen LogP contribution < -0.4 is 5.32 Å². The summed E-state index contributed by atoms with van der Waals surface area (Å²) in [5, 5.41) is 13.5. The minimum atomic E-state index is 0.240. The van der Waals surface area contributed by atoms with Gasteiger partial charge in [-0.2, -0.15) is 0 Å². The minimum absolute atomic E-state index is 0.240. The zero-order valence-electron chi connectivity index (χ0n) is 11.2. The molecule has 0 radical (unpaired) electrons. The van der Waals surface area contributed by atoms with Gasteiger partial charge < -0.3 is 10.4 Å². The number of aliphatic hydroxyl groups is 1. The number of rotatable bonds is 7. The van der Waals surface area contributed by atoms with E-state index in [4.69, 9.17) is 5.11 Å². The third kappa shape index (κ3) is 4.13. The number of hydrogen-bond donors (Lipinski definition) is 2. The monoisotopic (exact) mass is 276 g/mol. The Bertz CT molecular complexity index is 484. The van der Waals surface area contributed by atoms with Crippen LogP contribution in [0.3, 0.4) is 0 Å². The summed E-state index contributed by atoms with van der Waals surface area (Å²) in [5.74, 6) is 0. The number of nitrogens with one attached hydrogen (secondary N) is 1. The van der Waals surface area contributed by atoms with Crippen molar-refractivity contribution in [1.82, 2.24) is 10.3 Å². The zero-order valence-corrected chi connectivity index (χ0v) is 12.0. The van der Waals surface area contributed by atoms with E-state index in [1.807, 2.05) is 24.4 Å². The smallest absolute Gasteiger partial charge is 0.123 e. The summed E-state index contributed by atoms with van der Waals surface area (Å²) < 4.78 is 0. The molecule has 0 aliphatic heterocycles. The van der Waals surface area contributed by atoms with Crippen LogP contribution in [0, 0.1) is 0 Å². The first-order valence-corrected chi connectivity index (χ1v) is 7.49. The molecule has 2 N–H and O–H groups in total. The highest BCUT2D eigenvalue weighted by Gasteiger charge is 2.07. The van der Waals surface area contributed by atoms with Crippen molar-refractivity contribution in [2.24, 2.45) is 0 Å². The lowest BCUT2D eigenvalue weighted by Gasteiger charge is -2.14. The molecular formula is C15H20N2OS. The molecule has 19 heavy (non-hydrogen) atoms. The Hall–Kier alpha value is -1.23. The van der Waals surface area contributed by atoms with Gasteiger partial charge in [-0.25, -0.2) is 4.98 Å². The second kappa shape index (κ2) is 7.38. The number of nitrogens with zero attached hydrogens (tertiary/aromatic N) is 1. The number of hydrogen-bond acceptors (Lipinski definition) is 4. The molecule has 4 heteroatoms. The van der Waals surface area contributed by atoms with Gasteiger partial charge in [0.05, 0.1) is 0 Å². The van der Waals surface area contributed by atoms with Crippen LogP contribution in [0.4, 0.5) is 0 Å². The van der Waals surface area contributed by atoms with E-state index in [1.165, 1.54) is 10.4 Å². The topological polar surface area (TPSA) is 45.1 Å². The Labute approximate surface area is 118 Å². The molecule has 0 amide bonds. The fraction of sp³-hybridized carbons (Fsp3) is 0.400. The normalized spacial score (nSPS) is 12.5. The fourth-order valence-electron chi connectivity index (χ4n) is 1.95. The second-order valence-electron chi connectivity index (χ2n) is 4.50. The Kier molecular flexibility index (Phi) is 5.51. The molecule has 2 rings (SSSR count). The second-order valence-corrected chi connectivity index (χ2v) is 5.61. The number of aliphatic hydroxyl groups excluding tert-OH is 1. The molecule has 0 saturated heterocycles. The Morgan fingerprint density at radius 2 is 2.11 bits per heavy atom. The van der Waals surface area contributed by atoms with Gasteiger partial charge in [-0.1, -0.05) is 37.3 Å². The highest BCUT2D eigenvalue weighted by Crippen LogP contribution is 2.24. The molecule has 0 spiro atoms. The Morgan fingerprint density at radius 3 is 2.79 bits per heavy atom. The molecule has 2 aromatic rings. The molecule has 0 aliphatic carbocycles. The molecule has 0 aliphatic rings. The average molecular weight is 276 g/mol. The van der Waals surface area contributed by atoms with Crippen LogP contribution in [0.5, 0.6) is 0 Å². The first-order valence-electron chi connectivity index (χ1n) is 6.68. The summed E-state index contributed by atoms with van der Waals surface area (Å²) >= 11 is 1.72. The fourth-order valence-corrected chi connectivity index (χ4v) is 2.82. The van der Waals surface area contributed by atoms with Gasteiger partial charge in [0, 0.05) is 35.8 Å². The Balaban J connectivity index is 1.94. The highest BCUT2D eigenvalue weighted by molar-refractivity contribution is 7.15. The molecule has 1 aromatic heterocycles. The maximum atomic E-state index is 8.97. The summed E-state index contributed by atoms with van der Waals surface area (Å²) in [6.45, 7) is 3.20. The van der Waals surface area contributed by atoms with Gasteiger partial charge in [0.25, 0.3) is 0 Å². The molecule has 3 nitrogen and oxygen atoms in total. The first kappa shape index (κ1) is 14.2. The lowest BCUT2D eigenvalue weighted by molar-refractivity contribution is 0.262. The van der Waals surface area contributed by atoms with Crippen LogP contribution in [-0.4, -0.2) is 22.7 Å². The molecule has 1 atom stereocenters. The van der Waals surface area contributed by atoms with Crippen LogP contribution in [0.25, 0.3) is 10.6 Å². The molecule has 0 bridgehead atoms. The number of thiazole rings is 1. The maximum absolute atomic E-state index is 8.97. The van der Waals surface area contributed by atoms with Gasteiger partial charge in [0.1, 0.15) is 5.01 Å². The lowest BCUT2D eigenvalue weighted by atomic mass is 10.1. The van der Waals surface area contributed by atoms with Gasteiger partial charge in [-0.15, -0.1) is 11.3 Å². The van der Waals surface area contributed by atoms with Gasteiger partial charge in [0.2, 0.25) is 0 Å². The lowest BCUT2D eigenvalue weighted by Crippen LogP contribution is -2.28. The van der Waals surface area contributed by atoms with Crippen molar-refractivity contribution in [3.63, 3.8) is 0 Å². The maximum Gasteiger partial charge on any atom is 0.123 e. The summed E-state index contributed by atoms with van der Waals surface area (Å²) in [6, 6.07) is 10.6. The third-order valence-corrected chi connectivity index (χ3v) is 4.16. The molecule has 1 unspecified atom stereocenters. The average Bonchev–Trinajstić information content (AvgIpc) is 2.93. The van der Waals surface area contributed by atoms with E-state index in [1.54, 1.807) is 11.3 Å². The third-order valence-electron chi connectivity index (χ3n) is 3.11. The van der Waals surface area contributed by atoms with Crippen molar-refractivity contribution < 1.29 is 5.11 Å². The van der Waals surface area contributed by atoms with E-state index < -0.39 is 0 Å². The SMILES string of the molecule is CCC(CCO)NCc1cnc(-c2ccccc2)s1. The largest absolute Gasteiger partial charge is 0.396 e. The predicted octanol–water partition coefficient (Wildman–Crippen LogP) is 3.06. The van der Waals surface area contributed by atoms with Gasteiger partial charge >= 0.3 is 0 Å². The van der Waals surface area contributed by atoms with Gasteiger partial charge in [-0.05, 0) is 12.8 Å². The van der Waals surface area contributed by atoms with Crippen molar-refractivity contribution in [3.05, 3.63) is 41.4 Å². The quantitative estimate of drug-likeness (QED) is 0.817. The van der Waals surface area contributed by atoms with Crippen LogP contribution >= 0.6 is 11.3 Å². The Morgan fingerprint density at radius 1 is 1.32 bits per heavy atom. The van der Waals surface area contributed by atoms with Crippen molar-refractivity contribution in [2.75, 3.05) is 6.61 Å². The molecule has 0 fully saturated rings. The van der Waals surface area contributed by atoms with E-state index in [-0.39, 0.29) is 6.61 Å². The molecule has 0 saturated carbocycles. The molecule has 102 valence electrons. The van der Waals surface area contributed by atoms with Crippen molar-refractivity contribution in [1.29, 1.82) is 0 Å². The van der Waals surface area contributed by atoms with Crippen LogP contribution in [0.2, 0.25) is 0 Å². The predicted molar refractivity (Wildman–Crippen MR) is 80.2 cm³/mol.